The van der Waals surface area contributed by atoms with Crippen molar-refractivity contribution in [2.45, 2.75) is 47.3 Å². The zero-order valence-electron chi connectivity index (χ0n) is 35.6. The minimum Gasteiger partial charge on any atom is -0.311 e. The topological polar surface area (TPSA) is 8.17 Å². The predicted octanol–water partition coefficient (Wildman–Crippen LogP) is 14.0. The first-order valence-electron chi connectivity index (χ1n) is 21.9. The van der Waals surface area contributed by atoms with Gasteiger partial charge >= 0.3 is 0 Å². The van der Waals surface area contributed by atoms with Crippen molar-refractivity contribution in [1.82, 2.24) is 4.57 Å². The lowest BCUT2D eigenvalue weighted by molar-refractivity contribution is 1.17. The number of aryl methyl sites for hydroxylation is 2. The van der Waals surface area contributed by atoms with Gasteiger partial charge in [0.25, 0.3) is 6.71 Å². The van der Waals surface area contributed by atoms with Gasteiger partial charge in [-0.1, -0.05) is 146 Å². The second-order valence-electron chi connectivity index (χ2n) is 16.3. The molecule has 1 aromatic heterocycles. The summed E-state index contributed by atoms with van der Waals surface area (Å²) in [6.07, 6.45) is 0. The number of benzene rings is 9. The molecule has 3 heterocycles. The number of nitrogens with zero attached hydrogens (tertiary/aromatic N) is 2. The van der Waals surface area contributed by atoms with Crippen LogP contribution in [0.1, 0.15) is 25.0 Å². The van der Waals surface area contributed by atoms with Crippen molar-refractivity contribution in [2.24, 2.45) is 0 Å². The first kappa shape index (κ1) is 38.0. The molecule has 0 aliphatic carbocycles. The van der Waals surface area contributed by atoms with E-state index in [-0.39, 0.29) is 6.71 Å². The SMILES string of the molecule is CC.Cc1ccc2c(c1)B1c3c(cc(-c4cccc(S(c5ccccc5)(c5ccccc5)c5ccccc5)c4)cc3-n3c4ccccc4c4cc(C)cc1c43)N2c1ccccc1. The molecule has 0 fully saturated rings. The van der Waals surface area contributed by atoms with Crippen LogP contribution in [0.3, 0.4) is 0 Å². The van der Waals surface area contributed by atoms with Crippen LogP contribution in [0.2, 0.25) is 0 Å². The summed E-state index contributed by atoms with van der Waals surface area (Å²) in [6, 6.07) is 79.8. The van der Waals surface area contributed by atoms with E-state index in [4.69, 9.17) is 0 Å². The molecule has 0 atom stereocenters. The van der Waals surface area contributed by atoms with Crippen LogP contribution in [0.25, 0.3) is 38.6 Å². The molecule has 0 saturated carbocycles. The van der Waals surface area contributed by atoms with Gasteiger partial charge in [-0.25, -0.2) is 0 Å². The van der Waals surface area contributed by atoms with Crippen LogP contribution in [0.5, 0.6) is 0 Å². The molecule has 0 radical (unpaired) electrons. The standard InChI is InChI=1S/C56H41BN2S.C2H6/c1-38-30-31-52-49(33-38)57-50-34-39(2)32-48-47-28-15-16-29-51(47)59(56(48)50)54-37-41(36-53(55(54)57)58(52)42-19-7-3-8-20-42)40-18-17-27-46(35-40)60(43-21-9-4-10-22-43,44-23-11-5-12-24-44)45-25-13-6-14-26-45;1-2/h3-37H,1-2H3;1-2H3. The van der Waals surface area contributed by atoms with E-state index in [1.165, 1.54) is 97.1 Å². The first-order chi connectivity index (χ1) is 30.6. The van der Waals surface area contributed by atoms with Gasteiger partial charge in [0.05, 0.1) is 5.52 Å². The Labute approximate surface area is 367 Å². The maximum Gasteiger partial charge on any atom is 0.252 e. The molecule has 10 aromatic rings. The van der Waals surface area contributed by atoms with E-state index >= 15 is 0 Å². The van der Waals surface area contributed by atoms with E-state index in [0.29, 0.717) is 0 Å². The van der Waals surface area contributed by atoms with E-state index in [1.807, 2.05) is 13.8 Å². The summed E-state index contributed by atoms with van der Waals surface area (Å²) in [6.45, 7) is 8.57. The fourth-order valence-corrected chi connectivity index (χ4v) is 14.2. The Hall–Kier alpha value is -7.01. The number of rotatable bonds is 6. The molecule has 0 saturated heterocycles. The summed E-state index contributed by atoms with van der Waals surface area (Å²) in [7, 11) is -1.88. The third-order valence-corrected chi connectivity index (χ3v) is 16.6. The molecule has 12 rings (SSSR count). The van der Waals surface area contributed by atoms with Crippen molar-refractivity contribution in [2.75, 3.05) is 4.90 Å². The molecule has 2 nitrogen and oxygen atoms in total. The highest BCUT2D eigenvalue weighted by Gasteiger charge is 2.43. The molecule has 9 aromatic carbocycles. The normalized spacial score (nSPS) is 12.7. The number of hydrogen-bond donors (Lipinski definition) is 0. The van der Waals surface area contributed by atoms with Crippen molar-refractivity contribution in [3.05, 3.63) is 223 Å². The van der Waals surface area contributed by atoms with Gasteiger partial charge in [0, 0.05) is 58.6 Å². The molecule has 0 amide bonds. The summed E-state index contributed by atoms with van der Waals surface area (Å²) in [5, 5.41) is 2.62. The van der Waals surface area contributed by atoms with Crippen LogP contribution in [0, 0.1) is 13.8 Å². The van der Waals surface area contributed by atoms with E-state index in [1.54, 1.807) is 0 Å². The highest BCUT2D eigenvalue weighted by Crippen LogP contribution is 2.73. The van der Waals surface area contributed by atoms with Crippen LogP contribution in [-0.2, 0) is 0 Å². The third kappa shape index (κ3) is 5.67. The van der Waals surface area contributed by atoms with Gasteiger partial charge < -0.3 is 9.47 Å². The van der Waals surface area contributed by atoms with Gasteiger partial charge in [-0.05, 0) is 132 Å². The minimum absolute atomic E-state index is 0.0794. The van der Waals surface area contributed by atoms with Crippen molar-refractivity contribution >= 4 is 72.0 Å². The largest absolute Gasteiger partial charge is 0.311 e. The molecule has 2 aliphatic rings. The predicted molar refractivity (Wildman–Crippen MR) is 266 cm³/mol. The molecule has 0 bridgehead atoms. The number of aromatic nitrogens is 1. The van der Waals surface area contributed by atoms with Gasteiger partial charge in [0.15, 0.2) is 0 Å². The second kappa shape index (κ2) is 15.2. The summed E-state index contributed by atoms with van der Waals surface area (Å²) in [4.78, 5) is 7.78. The monoisotopic (exact) mass is 814 g/mol. The molecule has 4 heteroatoms. The Morgan fingerprint density at radius 1 is 0.403 bits per heavy atom. The Bertz CT molecular complexity index is 3190. The Morgan fingerprint density at radius 3 is 1.63 bits per heavy atom. The lowest BCUT2D eigenvalue weighted by atomic mass is 9.33. The maximum atomic E-state index is 2.58. The van der Waals surface area contributed by atoms with Gasteiger partial charge in [-0.15, -0.1) is 10.0 Å². The van der Waals surface area contributed by atoms with Crippen LogP contribution < -0.4 is 21.3 Å². The number of fused-ring (bicyclic) bond motifs is 7. The zero-order valence-corrected chi connectivity index (χ0v) is 36.4. The summed E-state index contributed by atoms with van der Waals surface area (Å²) < 4.78 is 2.58. The van der Waals surface area contributed by atoms with Crippen LogP contribution in [0.4, 0.5) is 17.1 Å². The minimum atomic E-state index is -1.88. The van der Waals surface area contributed by atoms with Crippen molar-refractivity contribution in [3.8, 4) is 16.8 Å². The molecule has 0 unspecified atom stereocenters. The van der Waals surface area contributed by atoms with E-state index in [2.05, 4.69) is 236 Å². The average Bonchev–Trinajstić information content (AvgIpc) is 3.67. The van der Waals surface area contributed by atoms with E-state index < -0.39 is 10.0 Å². The number of hydrogen-bond acceptors (Lipinski definition) is 1. The Balaban J connectivity index is 0.00000213. The summed E-state index contributed by atoms with van der Waals surface area (Å²) in [5.41, 5.74) is 16.5. The molecule has 298 valence electrons. The fraction of sp³-hybridized carbons (Fsp3) is 0.0690. The molecule has 0 spiro atoms. The van der Waals surface area contributed by atoms with Gasteiger partial charge in [0.1, 0.15) is 0 Å². The lowest BCUT2D eigenvalue weighted by Gasteiger charge is -2.42. The zero-order chi connectivity index (χ0) is 42.0. The third-order valence-electron chi connectivity index (χ3n) is 12.7. The lowest BCUT2D eigenvalue weighted by Crippen LogP contribution is -2.60. The highest BCUT2D eigenvalue weighted by atomic mass is 32.3. The van der Waals surface area contributed by atoms with Crippen molar-refractivity contribution in [1.29, 1.82) is 0 Å². The van der Waals surface area contributed by atoms with E-state index in [9.17, 15) is 0 Å². The van der Waals surface area contributed by atoms with Crippen molar-refractivity contribution in [3.63, 3.8) is 0 Å². The molecular formula is C58H47BN2S. The van der Waals surface area contributed by atoms with Crippen LogP contribution in [-0.4, -0.2) is 11.3 Å². The number of para-hydroxylation sites is 2. The molecule has 0 N–H and O–H groups in total. The first-order valence-corrected chi connectivity index (χ1v) is 23.5. The van der Waals surface area contributed by atoms with E-state index in [0.717, 1.165) is 5.69 Å². The average molecular weight is 815 g/mol. The molecule has 2 aliphatic heterocycles. The smallest absolute Gasteiger partial charge is 0.252 e. The summed E-state index contributed by atoms with van der Waals surface area (Å²) in [5.74, 6) is 0. The van der Waals surface area contributed by atoms with Crippen LogP contribution in [0.15, 0.2) is 232 Å². The van der Waals surface area contributed by atoms with Gasteiger partial charge in [0.2, 0.25) is 0 Å². The highest BCUT2D eigenvalue weighted by molar-refractivity contribution is 8.34. The van der Waals surface area contributed by atoms with Gasteiger partial charge in [-0.2, -0.15) is 0 Å². The fourth-order valence-electron chi connectivity index (χ4n) is 10.3. The maximum absolute atomic E-state index is 2.58. The molecule has 62 heavy (non-hydrogen) atoms. The Kier molecular flexibility index (Phi) is 9.28. The molecular weight excluding hydrogens is 768 g/mol. The van der Waals surface area contributed by atoms with Crippen LogP contribution >= 0.6 is 10.0 Å². The van der Waals surface area contributed by atoms with Gasteiger partial charge in [-0.3, -0.25) is 0 Å². The quantitative estimate of drug-likeness (QED) is 0.152. The number of anilines is 3. The second-order valence-corrected chi connectivity index (χ2v) is 19.4. The Morgan fingerprint density at radius 2 is 0.968 bits per heavy atom. The van der Waals surface area contributed by atoms with Crippen molar-refractivity contribution < 1.29 is 0 Å². The summed E-state index contributed by atoms with van der Waals surface area (Å²) >= 11 is 0.